The lowest BCUT2D eigenvalue weighted by Gasteiger charge is -2.38. The number of rotatable bonds is 6. The Balaban J connectivity index is 1.53. The summed E-state index contributed by atoms with van der Waals surface area (Å²) >= 11 is 0. The highest BCUT2D eigenvalue weighted by Gasteiger charge is 2.46. The minimum absolute atomic E-state index is 0.00578. The Morgan fingerprint density at radius 1 is 1.06 bits per heavy atom. The fraction of sp³-hybridized carbons (Fsp3) is 0.654. The van der Waals surface area contributed by atoms with Gasteiger partial charge in [-0.1, -0.05) is 24.3 Å². The average Bonchev–Trinajstić information content (AvgIpc) is 3.27. The smallest absolute Gasteiger partial charge is 0.246 e. The standard InChI is InChI=1S/C26H38N4O4/c1-16(27-2)24(31)29-22-13-12-19(34-3)15-18-11-14-23(30(18)26(22)33)25(32)28-21-10-6-8-17-7-4-5-9-20(17)21/h4-5,7,9,16,18-19,21-23,27H,6,8,10-15H2,1-3H3,(H,28,32)(H,29,31)/t16-,18+,19?,21+,22-,23-/m0/s1. The first kappa shape index (κ1) is 24.7. The van der Waals surface area contributed by atoms with Crippen LogP contribution in [-0.2, 0) is 25.5 Å². The van der Waals surface area contributed by atoms with Gasteiger partial charge < -0.3 is 25.6 Å². The van der Waals surface area contributed by atoms with Crippen molar-refractivity contribution in [2.24, 2.45) is 0 Å². The first-order chi connectivity index (χ1) is 16.4. The van der Waals surface area contributed by atoms with E-state index in [-0.39, 0.29) is 35.9 Å². The summed E-state index contributed by atoms with van der Waals surface area (Å²) in [5, 5.41) is 9.09. The van der Waals surface area contributed by atoms with E-state index in [2.05, 4.69) is 28.1 Å². The van der Waals surface area contributed by atoms with Crippen molar-refractivity contribution in [3.05, 3.63) is 35.4 Å². The first-order valence-corrected chi connectivity index (χ1v) is 12.6. The zero-order valence-corrected chi connectivity index (χ0v) is 20.5. The van der Waals surface area contributed by atoms with E-state index >= 15 is 0 Å². The van der Waals surface area contributed by atoms with Gasteiger partial charge in [0.05, 0.1) is 18.2 Å². The molecule has 3 amide bonds. The molecule has 2 fully saturated rings. The van der Waals surface area contributed by atoms with E-state index in [1.165, 1.54) is 11.1 Å². The van der Waals surface area contributed by atoms with Gasteiger partial charge in [-0.05, 0) is 76.5 Å². The number of hydrogen-bond acceptors (Lipinski definition) is 5. The molecule has 1 unspecified atom stereocenters. The summed E-state index contributed by atoms with van der Waals surface area (Å²) in [5.74, 6) is -0.468. The van der Waals surface area contributed by atoms with Crippen LogP contribution in [0.4, 0.5) is 0 Å². The zero-order valence-electron chi connectivity index (χ0n) is 20.5. The fourth-order valence-electron chi connectivity index (χ4n) is 5.73. The highest BCUT2D eigenvalue weighted by atomic mass is 16.5. The predicted octanol–water partition coefficient (Wildman–Crippen LogP) is 1.83. The summed E-state index contributed by atoms with van der Waals surface area (Å²) in [6.07, 6.45) is 6.25. The topological polar surface area (TPSA) is 99.8 Å². The van der Waals surface area contributed by atoms with Gasteiger partial charge in [0.2, 0.25) is 17.7 Å². The monoisotopic (exact) mass is 470 g/mol. The average molecular weight is 471 g/mol. The summed E-state index contributed by atoms with van der Waals surface area (Å²) in [5.41, 5.74) is 2.47. The third-order valence-corrected chi connectivity index (χ3v) is 7.83. The van der Waals surface area contributed by atoms with Crippen LogP contribution >= 0.6 is 0 Å². The summed E-state index contributed by atoms with van der Waals surface area (Å²) < 4.78 is 5.68. The van der Waals surface area contributed by atoms with Crippen molar-refractivity contribution in [1.82, 2.24) is 20.9 Å². The Morgan fingerprint density at radius 3 is 2.62 bits per heavy atom. The maximum atomic E-state index is 13.7. The summed E-state index contributed by atoms with van der Waals surface area (Å²) in [7, 11) is 3.40. The van der Waals surface area contributed by atoms with E-state index in [1.54, 1.807) is 26.0 Å². The molecule has 3 N–H and O–H groups in total. The summed E-state index contributed by atoms with van der Waals surface area (Å²) in [4.78, 5) is 41.5. The molecule has 186 valence electrons. The molecule has 6 atom stereocenters. The van der Waals surface area contributed by atoms with E-state index < -0.39 is 18.1 Å². The maximum Gasteiger partial charge on any atom is 0.246 e. The van der Waals surface area contributed by atoms with Crippen LogP contribution in [0.1, 0.15) is 69.0 Å². The summed E-state index contributed by atoms with van der Waals surface area (Å²) in [6.45, 7) is 1.76. The lowest BCUT2D eigenvalue weighted by Crippen LogP contribution is -2.58. The number of hydrogen-bond donors (Lipinski definition) is 3. The molecule has 1 aromatic carbocycles. The fourth-order valence-corrected chi connectivity index (χ4v) is 5.73. The van der Waals surface area contributed by atoms with Gasteiger partial charge in [-0.2, -0.15) is 0 Å². The quantitative estimate of drug-likeness (QED) is 0.589. The van der Waals surface area contributed by atoms with Crippen LogP contribution in [0.15, 0.2) is 24.3 Å². The van der Waals surface area contributed by atoms with Gasteiger partial charge >= 0.3 is 0 Å². The Kier molecular flexibility index (Phi) is 7.88. The first-order valence-electron chi connectivity index (χ1n) is 12.6. The van der Waals surface area contributed by atoms with Gasteiger partial charge in [-0.25, -0.2) is 0 Å². The van der Waals surface area contributed by atoms with Gasteiger partial charge in [0.1, 0.15) is 12.1 Å². The molecule has 3 aliphatic rings. The normalized spacial score (nSPS) is 29.9. The molecule has 8 heteroatoms. The summed E-state index contributed by atoms with van der Waals surface area (Å²) in [6, 6.07) is 6.60. The number of nitrogens with zero attached hydrogens (tertiary/aromatic N) is 1. The van der Waals surface area contributed by atoms with Crippen molar-refractivity contribution in [2.45, 2.75) is 94.6 Å². The molecule has 4 rings (SSSR count). The largest absolute Gasteiger partial charge is 0.381 e. The minimum Gasteiger partial charge on any atom is -0.381 e. The number of carbonyl (C=O) groups excluding carboxylic acids is 3. The number of aryl methyl sites for hydroxylation is 1. The van der Waals surface area contributed by atoms with Crippen LogP contribution in [0.25, 0.3) is 0 Å². The highest BCUT2D eigenvalue weighted by Crippen LogP contribution is 2.34. The van der Waals surface area contributed by atoms with Crippen molar-refractivity contribution < 1.29 is 19.1 Å². The third-order valence-electron chi connectivity index (χ3n) is 7.83. The highest BCUT2D eigenvalue weighted by molar-refractivity contribution is 5.93. The molecule has 34 heavy (non-hydrogen) atoms. The molecule has 0 saturated carbocycles. The lowest BCUT2D eigenvalue weighted by atomic mass is 9.87. The zero-order chi connectivity index (χ0) is 24.2. The minimum atomic E-state index is -0.660. The maximum absolute atomic E-state index is 13.7. The second-order valence-electron chi connectivity index (χ2n) is 9.89. The molecular weight excluding hydrogens is 432 g/mol. The van der Waals surface area contributed by atoms with Crippen LogP contribution in [0.2, 0.25) is 0 Å². The molecular formula is C26H38N4O4. The second kappa shape index (κ2) is 10.9. The predicted molar refractivity (Wildman–Crippen MR) is 129 cm³/mol. The van der Waals surface area contributed by atoms with Crippen molar-refractivity contribution in [1.29, 1.82) is 0 Å². The number of amides is 3. The molecule has 0 radical (unpaired) electrons. The van der Waals surface area contributed by atoms with E-state index in [4.69, 9.17) is 4.74 Å². The van der Waals surface area contributed by atoms with E-state index in [0.29, 0.717) is 25.7 Å². The molecule has 1 aliphatic carbocycles. The molecule has 1 aromatic rings. The van der Waals surface area contributed by atoms with Crippen LogP contribution in [0.5, 0.6) is 0 Å². The van der Waals surface area contributed by atoms with Gasteiger partial charge in [-0.15, -0.1) is 0 Å². The Hall–Kier alpha value is -2.45. The van der Waals surface area contributed by atoms with E-state index in [0.717, 1.165) is 25.7 Å². The number of benzene rings is 1. The van der Waals surface area contributed by atoms with Crippen LogP contribution in [0.3, 0.4) is 0 Å². The van der Waals surface area contributed by atoms with Gasteiger partial charge in [-0.3, -0.25) is 14.4 Å². The molecule has 2 heterocycles. The van der Waals surface area contributed by atoms with Gasteiger partial charge in [0.15, 0.2) is 0 Å². The number of fused-ring (bicyclic) bond motifs is 2. The van der Waals surface area contributed by atoms with Gasteiger partial charge in [0.25, 0.3) is 0 Å². The van der Waals surface area contributed by atoms with Crippen molar-refractivity contribution in [2.75, 3.05) is 14.2 Å². The number of ether oxygens (including phenoxy) is 1. The Labute approximate surface area is 202 Å². The third kappa shape index (κ3) is 5.13. The van der Waals surface area contributed by atoms with Crippen LogP contribution < -0.4 is 16.0 Å². The number of methoxy groups -OCH3 is 1. The molecule has 0 aromatic heterocycles. The SMILES string of the molecule is CN[C@@H](C)C(=O)N[C@H]1CCC(OC)C[C@H]2CC[C@@H](C(=O)N[C@@H]3CCCc4ccccc43)N2C1=O. The van der Waals surface area contributed by atoms with Crippen molar-refractivity contribution in [3.63, 3.8) is 0 Å². The van der Waals surface area contributed by atoms with Crippen LogP contribution in [0, 0.1) is 0 Å². The van der Waals surface area contributed by atoms with E-state index in [9.17, 15) is 14.4 Å². The lowest BCUT2D eigenvalue weighted by molar-refractivity contribution is -0.145. The van der Waals surface area contributed by atoms with Crippen molar-refractivity contribution >= 4 is 17.7 Å². The van der Waals surface area contributed by atoms with Gasteiger partial charge in [0, 0.05) is 13.2 Å². The number of carbonyl (C=O) groups is 3. The number of likely N-dealkylation sites (N-methyl/N-ethyl adjacent to an activating group) is 1. The molecule has 2 saturated heterocycles. The Bertz CT molecular complexity index is 907. The van der Waals surface area contributed by atoms with Crippen molar-refractivity contribution in [3.8, 4) is 0 Å². The number of nitrogens with one attached hydrogen (secondary N) is 3. The Morgan fingerprint density at radius 2 is 1.85 bits per heavy atom. The molecule has 0 spiro atoms. The molecule has 8 nitrogen and oxygen atoms in total. The second-order valence-corrected chi connectivity index (χ2v) is 9.89. The van der Waals surface area contributed by atoms with Crippen LogP contribution in [-0.4, -0.2) is 67.1 Å². The molecule has 2 aliphatic heterocycles. The molecule has 0 bridgehead atoms. The van der Waals surface area contributed by atoms with E-state index in [1.807, 2.05) is 12.1 Å².